The van der Waals surface area contributed by atoms with E-state index in [4.69, 9.17) is 4.98 Å². The molecule has 8 heteroatoms. The van der Waals surface area contributed by atoms with Crippen LogP contribution in [0.2, 0.25) is 0 Å². The van der Waals surface area contributed by atoms with E-state index < -0.39 is 0 Å². The number of benzene rings is 3. The summed E-state index contributed by atoms with van der Waals surface area (Å²) in [5.74, 6) is 0.648. The first-order valence-corrected chi connectivity index (χ1v) is 14.2. The highest BCUT2D eigenvalue weighted by molar-refractivity contribution is 7.20. The molecule has 0 aliphatic carbocycles. The molecule has 1 aliphatic rings. The van der Waals surface area contributed by atoms with Gasteiger partial charge in [-0.25, -0.2) is 4.98 Å². The Balaban J connectivity index is 1.28. The van der Waals surface area contributed by atoms with Crippen molar-refractivity contribution in [3.8, 4) is 0 Å². The number of para-hydroxylation sites is 2. The predicted octanol–water partition coefficient (Wildman–Crippen LogP) is 5.46. The van der Waals surface area contributed by atoms with Crippen molar-refractivity contribution in [2.24, 2.45) is 7.05 Å². The van der Waals surface area contributed by atoms with Gasteiger partial charge >= 0.3 is 0 Å². The van der Waals surface area contributed by atoms with Crippen LogP contribution < -0.4 is 10.2 Å². The van der Waals surface area contributed by atoms with Crippen molar-refractivity contribution in [3.63, 3.8) is 0 Å². The molecule has 0 bridgehead atoms. The first-order chi connectivity index (χ1) is 19.1. The average molecular weight is 538 g/mol. The van der Waals surface area contributed by atoms with Crippen LogP contribution in [0, 0.1) is 0 Å². The Bertz CT molecular complexity index is 1640. The molecule has 1 N–H and O–H groups in total. The van der Waals surface area contributed by atoms with Crippen LogP contribution >= 0.6 is 11.3 Å². The Hall–Kier alpha value is -4.01. The van der Waals surface area contributed by atoms with E-state index in [1.54, 1.807) is 4.90 Å². The number of aryl methyl sites for hydroxylation is 1. The Morgan fingerprint density at radius 1 is 0.974 bits per heavy atom. The number of hydrogen-bond donors (Lipinski definition) is 1. The van der Waals surface area contributed by atoms with Crippen molar-refractivity contribution >= 4 is 50.0 Å². The number of thiophene rings is 1. The second-order valence-electron chi connectivity index (χ2n) is 9.97. The molecule has 3 heterocycles. The minimum absolute atomic E-state index is 0.0473. The highest BCUT2D eigenvalue weighted by Crippen LogP contribution is 2.31. The van der Waals surface area contributed by atoms with E-state index in [1.807, 2.05) is 90.5 Å². The van der Waals surface area contributed by atoms with Crippen LogP contribution in [0.15, 0.2) is 78.9 Å². The van der Waals surface area contributed by atoms with Crippen molar-refractivity contribution in [2.45, 2.75) is 19.4 Å². The molecule has 0 saturated carbocycles. The number of carbonyl (C=O) groups excluding carboxylic acids is 2. The van der Waals surface area contributed by atoms with Crippen LogP contribution in [-0.4, -0.2) is 52.4 Å². The van der Waals surface area contributed by atoms with Gasteiger partial charge in [-0.1, -0.05) is 30.3 Å². The minimum atomic E-state index is -0.0999. The lowest BCUT2D eigenvalue weighted by Crippen LogP contribution is -2.33. The Morgan fingerprint density at radius 3 is 2.54 bits per heavy atom. The van der Waals surface area contributed by atoms with Crippen LogP contribution in [0.3, 0.4) is 0 Å². The zero-order chi connectivity index (χ0) is 26.8. The van der Waals surface area contributed by atoms with Crippen molar-refractivity contribution < 1.29 is 9.59 Å². The van der Waals surface area contributed by atoms with Gasteiger partial charge in [0.15, 0.2) is 0 Å². The number of anilines is 1. The van der Waals surface area contributed by atoms with Crippen LogP contribution in [0.5, 0.6) is 0 Å². The lowest BCUT2D eigenvalue weighted by Gasteiger charge is -2.23. The molecule has 2 amide bonds. The van der Waals surface area contributed by atoms with E-state index in [0.717, 1.165) is 52.3 Å². The molecule has 0 spiro atoms. The summed E-state index contributed by atoms with van der Waals surface area (Å²) in [6.07, 6.45) is 2.49. The Morgan fingerprint density at radius 2 is 1.74 bits per heavy atom. The van der Waals surface area contributed by atoms with Gasteiger partial charge in [-0.2, -0.15) is 0 Å². The maximum Gasteiger partial charge on any atom is 0.261 e. The van der Waals surface area contributed by atoms with Crippen molar-refractivity contribution in [1.82, 2.24) is 19.8 Å². The summed E-state index contributed by atoms with van der Waals surface area (Å²) in [5.41, 5.74) is 3.30. The molecule has 2 aromatic heterocycles. The lowest BCUT2D eigenvalue weighted by molar-refractivity contribution is 0.0952. The molecule has 3 aromatic carbocycles. The number of aromatic nitrogens is 2. The summed E-state index contributed by atoms with van der Waals surface area (Å²) in [6.45, 7) is 4.09. The zero-order valence-corrected chi connectivity index (χ0v) is 22.8. The van der Waals surface area contributed by atoms with Gasteiger partial charge in [0.1, 0.15) is 5.82 Å². The first-order valence-electron chi connectivity index (χ1n) is 13.4. The number of carbonyl (C=O) groups is 2. The Kier molecular flexibility index (Phi) is 7.13. The third kappa shape index (κ3) is 5.30. The average Bonchev–Trinajstić information content (AvgIpc) is 3.71. The van der Waals surface area contributed by atoms with Crippen molar-refractivity contribution in [2.75, 3.05) is 31.1 Å². The molecule has 1 aliphatic heterocycles. The fourth-order valence-corrected chi connectivity index (χ4v) is 6.19. The summed E-state index contributed by atoms with van der Waals surface area (Å²) in [6, 6.07) is 25.2. The monoisotopic (exact) mass is 537 g/mol. The highest BCUT2D eigenvalue weighted by atomic mass is 32.1. The fourth-order valence-electron chi connectivity index (χ4n) is 5.23. The van der Waals surface area contributed by atoms with E-state index in [9.17, 15) is 9.59 Å². The van der Waals surface area contributed by atoms with Gasteiger partial charge < -0.3 is 19.7 Å². The number of nitrogens with one attached hydrogen (secondary N) is 1. The number of nitrogens with zero attached hydrogens (tertiary/aromatic N) is 4. The lowest BCUT2D eigenvalue weighted by atomic mass is 10.1. The molecule has 39 heavy (non-hydrogen) atoms. The number of likely N-dealkylation sites (tertiary alicyclic amines) is 1. The number of hydrogen-bond acceptors (Lipinski definition) is 5. The molecule has 0 unspecified atom stereocenters. The number of imidazole rings is 1. The summed E-state index contributed by atoms with van der Waals surface area (Å²) in [4.78, 5) is 36.3. The Labute approximate surface area is 231 Å². The molecule has 1 saturated heterocycles. The molecule has 5 aromatic rings. The number of amides is 2. The molecule has 7 nitrogen and oxygen atoms in total. The molecule has 1 fully saturated rings. The van der Waals surface area contributed by atoms with Gasteiger partial charge in [-0.15, -0.1) is 11.3 Å². The molecule has 198 valence electrons. The van der Waals surface area contributed by atoms with Crippen molar-refractivity contribution in [3.05, 3.63) is 95.1 Å². The molecule has 6 rings (SSSR count). The minimum Gasteiger partial charge on any atom is -0.350 e. The number of rotatable bonds is 8. The van der Waals surface area contributed by atoms with Crippen LogP contribution in [-0.2, 0) is 13.6 Å². The van der Waals surface area contributed by atoms with Crippen LogP contribution in [0.1, 0.15) is 38.7 Å². The topological polar surface area (TPSA) is 70.5 Å². The molecule has 0 atom stereocenters. The highest BCUT2D eigenvalue weighted by Gasteiger charge is 2.22. The number of fused-ring (bicyclic) bond motifs is 2. The molecule has 0 radical (unpaired) electrons. The van der Waals surface area contributed by atoms with E-state index in [2.05, 4.69) is 10.2 Å². The van der Waals surface area contributed by atoms with E-state index in [0.29, 0.717) is 23.5 Å². The van der Waals surface area contributed by atoms with Gasteiger partial charge in [-0.05, 0) is 79.8 Å². The summed E-state index contributed by atoms with van der Waals surface area (Å²) in [7, 11) is 1.98. The van der Waals surface area contributed by atoms with Gasteiger partial charge in [0, 0.05) is 36.1 Å². The van der Waals surface area contributed by atoms with E-state index in [1.165, 1.54) is 24.2 Å². The second-order valence-corrected chi connectivity index (χ2v) is 11.1. The van der Waals surface area contributed by atoms with E-state index >= 15 is 0 Å². The fraction of sp³-hybridized carbons (Fsp3) is 0.258. The van der Waals surface area contributed by atoms with Crippen molar-refractivity contribution in [1.29, 1.82) is 0 Å². The predicted molar refractivity (Wildman–Crippen MR) is 158 cm³/mol. The van der Waals surface area contributed by atoms with Gasteiger partial charge in [0.2, 0.25) is 0 Å². The summed E-state index contributed by atoms with van der Waals surface area (Å²) >= 11 is 1.48. The summed E-state index contributed by atoms with van der Waals surface area (Å²) < 4.78 is 3.05. The molecular weight excluding hydrogens is 506 g/mol. The maximum absolute atomic E-state index is 13.8. The molecular formula is C31H31N5O2S. The maximum atomic E-state index is 13.8. The largest absolute Gasteiger partial charge is 0.350 e. The normalized spacial score (nSPS) is 13.8. The second kappa shape index (κ2) is 11.0. The smallest absolute Gasteiger partial charge is 0.261 e. The zero-order valence-electron chi connectivity index (χ0n) is 22.0. The van der Waals surface area contributed by atoms with Crippen LogP contribution in [0.4, 0.5) is 5.69 Å². The first kappa shape index (κ1) is 25.3. The van der Waals surface area contributed by atoms with Gasteiger partial charge in [0.25, 0.3) is 11.8 Å². The van der Waals surface area contributed by atoms with Gasteiger partial charge in [0.05, 0.1) is 22.5 Å². The van der Waals surface area contributed by atoms with Crippen LogP contribution in [0.25, 0.3) is 21.1 Å². The summed E-state index contributed by atoms with van der Waals surface area (Å²) in [5, 5.41) is 4.01. The third-order valence-electron chi connectivity index (χ3n) is 7.39. The standard InChI is InChI=1S/C31H31N5O2S/c1-34-26-12-6-5-11-25(26)33-29(34)21-36(31(38)22-9-3-2-4-10-22)24-13-14-27-23(19-24)20-28(39-27)30(37)32-15-18-35-16-7-8-17-35/h2-6,9-14,19-20H,7-8,15-18,21H2,1H3,(H,32,37). The SMILES string of the molecule is Cn1c(CN(C(=O)c2ccccc2)c2ccc3sc(C(=O)NCCN4CCCC4)cc3c2)nc2ccccc21. The quantitative estimate of drug-likeness (QED) is 0.285. The third-order valence-corrected chi connectivity index (χ3v) is 8.51. The van der Waals surface area contributed by atoms with Gasteiger partial charge in [-0.3, -0.25) is 9.59 Å². The van der Waals surface area contributed by atoms with E-state index in [-0.39, 0.29) is 11.8 Å².